The molecule has 5 nitrogen and oxygen atoms in total. The lowest BCUT2D eigenvalue weighted by Crippen LogP contribution is -2.52. The van der Waals surface area contributed by atoms with Gasteiger partial charge in [-0.2, -0.15) is 0 Å². The van der Waals surface area contributed by atoms with E-state index in [0.29, 0.717) is 12.1 Å². The minimum Gasteiger partial charge on any atom is -0.504 e. The average Bonchev–Trinajstić information content (AvgIpc) is 2.48. The molecule has 0 atom stereocenters. The molecule has 0 unspecified atom stereocenters. The summed E-state index contributed by atoms with van der Waals surface area (Å²) in [6.45, 7) is 1.32. The standard InChI is InChI=1S/C16H26N2O3/c1-18(2)16(8-4-3-5-9-16)11-17-10-12-6-7-13(19)15(21)14(12)20/h6-7,17,19-21H,3-5,8-11H2,1-2H3. The predicted octanol–water partition coefficient (Wildman–Crippen LogP) is 2.16. The van der Waals surface area contributed by atoms with Crippen LogP contribution in [-0.2, 0) is 6.54 Å². The van der Waals surface area contributed by atoms with E-state index >= 15 is 0 Å². The summed E-state index contributed by atoms with van der Waals surface area (Å²) in [5.74, 6) is -0.993. The van der Waals surface area contributed by atoms with Crippen molar-refractivity contribution in [1.82, 2.24) is 10.2 Å². The van der Waals surface area contributed by atoms with Gasteiger partial charge < -0.3 is 25.5 Å². The second-order valence-electron chi connectivity index (χ2n) is 6.22. The quantitative estimate of drug-likeness (QED) is 0.626. The first-order valence-electron chi connectivity index (χ1n) is 7.57. The van der Waals surface area contributed by atoms with Gasteiger partial charge in [-0.15, -0.1) is 0 Å². The van der Waals surface area contributed by atoms with Crippen molar-refractivity contribution in [1.29, 1.82) is 0 Å². The number of hydrogen-bond acceptors (Lipinski definition) is 5. The SMILES string of the molecule is CN(C)C1(CNCc2ccc(O)c(O)c2O)CCCCC1. The maximum Gasteiger partial charge on any atom is 0.200 e. The van der Waals surface area contributed by atoms with E-state index in [1.807, 2.05) is 0 Å². The molecular formula is C16H26N2O3. The van der Waals surface area contributed by atoms with Crippen LogP contribution in [0.25, 0.3) is 0 Å². The van der Waals surface area contributed by atoms with Crippen molar-refractivity contribution in [3.63, 3.8) is 0 Å². The van der Waals surface area contributed by atoms with Gasteiger partial charge in [0.1, 0.15) is 0 Å². The van der Waals surface area contributed by atoms with Gasteiger partial charge >= 0.3 is 0 Å². The topological polar surface area (TPSA) is 76.0 Å². The zero-order valence-corrected chi connectivity index (χ0v) is 12.9. The van der Waals surface area contributed by atoms with Gasteiger partial charge in [-0.05, 0) is 33.0 Å². The van der Waals surface area contributed by atoms with Crippen LogP contribution in [0, 0.1) is 0 Å². The Morgan fingerprint density at radius 1 is 1.05 bits per heavy atom. The van der Waals surface area contributed by atoms with E-state index in [9.17, 15) is 15.3 Å². The number of benzene rings is 1. The molecule has 1 aromatic rings. The number of hydrogen-bond donors (Lipinski definition) is 4. The smallest absolute Gasteiger partial charge is 0.200 e. The summed E-state index contributed by atoms with van der Waals surface area (Å²) in [6.07, 6.45) is 6.18. The minimum atomic E-state index is -0.450. The monoisotopic (exact) mass is 294 g/mol. The molecule has 1 aliphatic carbocycles. The molecule has 118 valence electrons. The van der Waals surface area contributed by atoms with E-state index in [2.05, 4.69) is 24.3 Å². The van der Waals surface area contributed by atoms with Gasteiger partial charge in [0.2, 0.25) is 5.75 Å². The van der Waals surface area contributed by atoms with Crippen molar-refractivity contribution in [2.75, 3.05) is 20.6 Å². The van der Waals surface area contributed by atoms with E-state index in [1.54, 1.807) is 6.07 Å². The van der Waals surface area contributed by atoms with Crippen LogP contribution in [0.5, 0.6) is 17.2 Å². The number of rotatable bonds is 5. The normalized spacial score (nSPS) is 18.0. The number of nitrogens with one attached hydrogen (secondary N) is 1. The predicted molar refractivity (Wildman–Crippen MR) is 82.6 cm³/mol. The molecule has 1 aromatic carbocycles. The number of aromatic hydroxyl groups is 3. The Balaban J connectivity index is 1.98. The van der Waals surface area contributed by atoms with Gasteiger partial charge in [-0.25, -0.2) is 0 Å². The average molecular weight is 294 g/mol. The fraction of sp³-hybridized carbons (Fsp3) is 0.625. The molecule has 1 saturated carbocycles. The molecule has 4 N–H and O–H groups in total. The van der Waals surface area contributed by atoms with Crippen LogP contribution < -0.4 is 5.32 Å². The largest absolute Gasteiger partial charge is 0.504 e. The van der Waals surface area contributed by atoms with Crippen LogP contribution in [-0.4, -0.2) is 46.4 Å². The molecule has 21 heavy (non-hydrogen) atoms. The van der Waals surface area contributed by atoms with Crippen molar-refractivity contribution in [2.24, 2.45) is 0 Å². The Hall–Kier alpha value is -1.46. The van der Waals surface area contributed by atoms with Gasteiger partial charge in [0, 0.05) is 24.2 Å². The van der Waals surface area contributed by atoms with Crippen LogP contribution in [0.15, 0.2) is 12.1 Å². The third-order valence-corrected chi connectivity index (χ3v) is 4.72. The number of likely N-dealkylation sites (N-methyl/N-ethyl adjacent to an activating group) is 1. The first kappa shape index (κ1) is 15.9. The van der Waals surface area contributed by atoms with Crippen LogP contribution in [0.1, 0.15) is 37.7 Å². The first-order valence-corrected chi connectivity index (χ1v) is 7.57. The zero-order valence-electron chi connectivity index (χ0n) is 12.9. The lowest BCUT2D eigenvalue weighted by molar-refractivity contribution is 0.0983. The third kappa shape index (κ3) is 3.41. The van der Waals surface area contributed by atoms with E-state index in [-0.39, 0.29) is 17.0 Å². The van der Waals surface area contributed by atoms with Gasteiger partial charge in [0.15, 0.2) is 11.5 Å². The van der Waals surface area contributed by atoms with Crippen molar-refractivity contribution in [2.45, 2.75) is 44.2 Å². The molecule has 0 aromatic heterocycles. The number of phenols is 3. The molecular weight excluding hydrogens is 268 g/mol. The molecule has 5 heteroatoms. The van der Waals surface area contributed by atoms with Crippen molar-refractivity contribution >= 4 is 0 Å². The Labute approximate surface area is 126 Å². The lowest BCUT2D eigenvalue weighted by Gasteiger charge is -2.43. The van der Waals surface area contributed by atoms with Crippen LogP contribution in [0.3, 0.4) is 0 Å². The highest BCUT2D eigenvalue weighted by Gasteiger charge is 2.33. The minimum absolute atomic E-state index is 0.173. The Kier molecular flexibility index (Phi) is 4.96. The highest BCUT2D eigenvalue weighted by Crippen LogP contribution is 2.37. The highest BCUT2D eigenvalue weighted by molar-refractivity contribution is 5.52. The zero-order chi connectivity index (χ0) is 15.5. The van der Waals surface area contributed by atoms with Crippen molar-refractivity contribution in [3.8, 4) is 17.2 Å². The van der Waals surface area contributed by atoms with Gasteiger partial charge in [-0.1, -0.05) is 25.3 Å². The van der Waals surface area contributed by atoms with E-state index in [0.717, 1.165) is 6.54 Å². The highest BCUT2D eigenvalue weighted by atomic mass is 16.3. The molecule has 0 bridgehead atoms. The Bertz CT molecular complexity index is 483. The summed E-state index contributed by atoms with van der Waals surface area (Å²) in [4.78, 5) is 2.30. The summed E-state index contributed by atoms with van der Waals surface area (Å²) in [6, 6.07) is 3.02. The second kappa shape index (κ2) is 6.54. The molecule has 2 rings (SSSR count). The van der Waals surface area contributed by atoms with Gasteiger partial charge in [0.05, 0.1) is 0 Å². The third-order valence-electron chi connectivity index (χ3n) is 4.72. The summed E-state index contributed by atoms with van der Waals surface area (Å²) < 4.78 is 0. The lowest BCUT2D eigenvalue weighted by atomic mass is 9.80. The number of nitrogens with zero attached hydrogens (tertiary/aromatic N) is 1. The van der Waals surface area contributed by atoms with E-state index in [4.69, 9.17) is 0 Å². The second-order valence-corrected chi connectivity index (χ2v) is 6.22. The summed E-state index contributed by atoms with van der Waals surface area (Å²) in [5, 5.41) is 32.1. The molecule has 0 heterocycles. The van der Waals surface area contributed by atoms with E-state index < -0.39 is 5.75 Å². The summed E-state index contributed by atoms with van der Waals surface area (Å²) >= 11 is 0. The Morgan fingerprint density at radius 3 is 2.33 bits per heavy atom. The van der Waals surface area contributed by atoms with Gasteiger partial charge in [-0.3, -0.25) is 0 Å². The number of phenolic OH excluding ortho intramolecular Hbond substituents is 3. The molecule has 0 radical (unpaired) electrons. The molecule has 1 fully saturated rings. The van der Waals surface area contributed by atoms with Crippen molar-refractivity contribution < 1.29 is 15.3 Å². The molecule has 0 aliphatic heterocycles. The molecule has 0 amide bonds. The maximum absolute atomic E-state index is 9.83. The Morgan fingerprint density at radius 2 is 1.71 bits per heavy atom. The molecule has 0 saturated heterocycles. The van der Waals surface area contributed by atoms with Gasteiger partial charge in [0.25, 0.3) is 0 Å². The van der Waals surface area contributed by atoms with Crippen LogP contribution in [0.4, 0.5) is 0 Å². The summed E-state index contributed by atoms with van der Waals surface area (Å²) in [5.41, 5.74) is 0.766. The maximum atomic E-state index is 9.83. The fourth-order valence-electron chi connectivity index (χ4n) is 3.18. The van der Waals surface area contributed by atoms with Crippen LogP contribution >= 0.6 is 0 Å². The van der Waals surface area contributed by atoms with E-state index in [1.165, 1.54) is 38.2 Å². The van der Waals surface area contributed by atoms with Crippen molar-refractivity contribution in [3.05, 3.63) is 17.7 Å². The molecule has 1 aliphatic rings. The summed E-state index contributed by atoms with van der Waals surface area (Å²) in [7, 11) is 4.24. The van der Waals surface area contributed by atoms with Crippen LogP contribution in [0.2, 0.25) is 0 Å². The fourth-order valence-corrected chi connectivity index (χ4v) is 3.18. The molecule has 0 spiro atoms. The first-order chi connectivity index (χ1) is 9.96.